The van der Waals surface area contributed by atoms with Crippen molar-refractivity contribution < 1.29 is 24.2 Å². The molecule has 1 atom stereocenters. The van der Waals surface area contributed by atoms with Gasteiger partial charge in [0.2, 0.25) is 5.91 Å². The van der Waals surface area contributed by atoms with E-state index in [4.69, 9.17) is 9.84 Å². The predicted octanol–water partition coefficient (Wildman–Crippen LogP) is 3.89. The first-order valence-electron chi connectivity index (χ1n) is 10.5. The molecule has 1 aliphatic rings. The van der Waals surface area contributed by atoms with Gasteiger partial charge in [0.25, 0.3) is 0 Å². The van der Waals surface area contributed by atoms with Gasteiger partial charge < -0.3 is 20.5 Å². The average molecular weight is 445 g/mol. The molecule has 3 N–H and O–H groups in total. The van der Waals surface area contributed by atoms with Gasteiger partial charge in [-0.3, -0.25) is 4.79 Å². The van der Waals surface area contributed by atoms with E-state index in [-0.39, 0.29) is 30.7 Å². The number of nitrogens with one attached hydrogen (secondary N) is 2. The molecule has 0 radical (unpaired) electrons. The Morgan fingerprint density at radius 1 is 1.00 bits per heavy atom. The molecule has 0 aliphatic heterocycles. The summed E-state index contributed by atoms with van der Waals surface area (Å²) in [6, 6.07) is 18.9. The summed E-state index contributed by atoms with van der Waals surface area (Å²) in [6.07, 6.45) is 0.677. The Hall–Kier alpha value is -4.20. The van der Waals surface area contributed by atoms with E-state index in [1.54, 1.807) is 6.92 Å². The number of alkyl carbamates (subject to hydrolysis) is 1. The molecular formula is C25H23N3O5. The highest BCUT2D eigenvalue weighted by Gasteiger charge is 2.29. The van der Waals surface area contributed by atoms with Crippen molar-refractivity contribution in [3.05, 3.63) is 83.7 Å². The van der Waals surface area contributed by atoms with Crippen LogP contribution in [-0.4, -0.2) is 41.2 Å². The molecule has 168 valence electrons. The number of carbonyl (C=O) groups excluding carboxylic acids is 2. The first-order valence-corrected chi connectivity index (χ1v) is 10.5. The summed E-state index contributed by atoms with van der Waals surface area (Å²) in [5.41, 5.74) is 4.82. The van der Waals surface area contributed by atoms with Crippen molar-refractivity contribution in [1.29, 1.82) is 0 Å². The summed E-state index contributed by atoms with van der Waals surface area (Å²) in [5, 5.41) is 14.1. The number of hydrogen-bond donors (Lipinski definition) is 3. The van der Waals surface area contributed by atoms with E-state index in [9.17, 15) is 14.4 Å². The third kappa shape index (κ3) is 4.85. The molecule has 1 unspecified atom stereocenters. The van der Waals surface area contributed by atoms with Gasteiger partial charge >= 0.3 is 12.1 Å². The number of carboxylic acids is 1. The van der Waals surface area contributed by atoms with Crippen LogP contribution in [0.5, 0.6) is 0 Å². The van der Waals surface area contributed by atoms with Crippen LogP contribution in [0.2, 0.25) is 0 Å². The first kappa shape index (κ1) is 22.0. The standard InChI is InChI=1S/C25H23N3O5/c1-15(23(29)28-16-10-11-22(24(30)31)26-13-16)12-27-25(32)33-14-21-19-8-4-2-6-17(19)18-7-3-5-9-20(18)21/h2-11,13,15,21H,12,14H2,1H3,(H,27,32)(H,28,29)(H,30,31). The minimum atomic E-state index is -1.14. The lowest BCUT2D eigenvalue weighted by Crippen LogP contribution is -2.35. The summed E-state index contributed by atoms with van der Waals surface area (Å²) in [6.45, 7) is 1.95. The molecule has 2 aromatic carbocycles. The van der Waals surface area contributed by atoms with E-state index >= 15 is 0 Å². The summed E-state index contributed by atoms with van der Waals surface area (Å²) >= 11 is 0. The van der Waals surface area contributed by atoms with E-state index in [0.29, 0.717) is 5.69 Å². The number of carboxylic acid groups (broad SMARTS) is 1. The van der Waals surface area contributed by atoms with Crippen LogP contribution in [0, 0.1) is 5.92 Å². The maximum atomic E-state index is 12.3. The van der Waals surface area contributed by atoms with Crippen LogP contribution in [0.25, 0.3) is 11.1 Å². The van der Waals surface area contributed by atoms with Crippen molar-refractivity contribution in [2.45, 2.75) is 12.8 Å². The van der Waals surface area contributed by atoms with E-state index in [1.807, 2.05) is 36.4 Å². The molecule has 0 spiro atoms. The second-order valence-corrected chi connectivity index (χ2v) is 7.83. The number of rotatable bonds is 7. The topological polar surface area (TPSA) is 118 Å². The normalized spacial score (nSPS) is 12.9. The lowest BCUT2D eigenvalue weighted by molar-refractivity contribution is -0.119. The Labute approximate surface area is 190 Å². The largest absolute Gasteiger partial charge is 0.477 e. The molecule has 1 heterocycles. The number of aromatic carboxylic acids is 1. The number of amides is 2. The third-order valence-corrected chi connectivity index (χ3v) is 5.59. The molecular weight excluding hydrogens is 422 g/mol. The highest BCUT2D eigenvalue weighted by molar-refractivity contribution is 5.93. The first-order chi connectivity index (χ1) is 15.9. The lowest BCUT2D eigenvalue weighted by atomic mass is 9.98. The van der Waals surface area contributed by atoms with Crippen LogP contribution in [0.4, 0.5) is 10.5 Å². The number of carbonyl (C=O) groups is 3. The van der Waals surface area contributed by atoms with Crippen LogP contribution in [-0.2, 0) is 9.53 Å². The SMILES string of the molecule is CC(CNC(=O)OCC1c2ccccc2-c2ccccc21)C(=O)Nc1ccc(C(=O)O)nc1. The molecule has 0 saturated carbocycles. The molecule has 0 bridgehead atoms. The minimum Gasteiger partial charge on any atom is -0.477 e. The Morgan fingerprint density at radius 2 is 1.64 bits per heavy atom. The number of pyridine rings is 1. The summed E-state index contributed by atoms with van der Waals surface area (Å²) < 4.78 is 5.48. The quantitative estimate of drug-likeness (QED) is 0.508. The van der Waals surface area contributed by atoms with E-state index in [2.05, 4.69) is 27.8 Å². The predicted molar refractivity (Wildman–Crippen MR) is 122 cm³/mol. The van der Waals surface area contributed by atoms with Gasteiger partial charge in [-0.25, -0.2) is 14.6 Å². The number of fused-ring (bicyclic) bond motifs is 3. The van der Waals surface area contributed by atoms with Gasteiger partial charge in [-0.05, 0) is 34.4 Å². The second kappa shape index (κ2) is 9.52. The van der Waals surface area contributed by atoms with Gasteiger partial charge in [-0.15, -0.1) is 0 Å². The Bertz CT molecular complexity index is 1150. The van der Waals surface area contributed by atoms with Crippen LogP contribution in [0.15, 0.2) is 66.9 Å². The fraction of sp³-hybridized carbons (Fsp3) is 0.200. The Morgan fingerprint density at radius 3 is 2.21 bits per heavy atom. The van der Waals surface area contributed by atoms with E-state index < -0.39 is 18.0 Å². The fourth-order valence-electron chi connectivity index (χ4n) is 3.84. The number of benzene rings is 2. The van der Waals surface area contributed by atoms with E-state index in [1.165, 1.54) is 18.3 Å². The molecule has 4 rings (SSSR count). The van der Waals surface area contributed by atoms with Gasteiger partial charge in [-0.1, -0.05) is 55.5 Å². The van der Waals surface area contributed by atoms with Crippen molar-refractivity contribution in [2.24, 2.45) is 5.92 Å². The van der Waals surface area contributed by atoms with Crippen molar-refractivity contribution in [3.8, 4) is 11.1 Å². The van der Waals surface area contributed by atoms with Gasteiger partial charge in [0, 0.05) is 12.5 Å². The second-order valence-electron chi connectivity index (χ2n) is 7.83. The monoisotopic (exact) mass is 445 g/mol. The fourth-order valence-corrected chi connectivity index (χ4v) is 3.84. The molecule has 1 aliphatic carbocycles. The summed E-state index contributed by atoms with van der Waals surface area (Å²) in [4.78, 5) is 39.2. The number of nitrogens with zero attached hydrogens (tertiary/aromatic N) is 1. The van der Waals surface area contributed by atoms with Crippen molar-refractivity contribution >= 4 is 23.7 Å². The van der Waals surface area contributed by atoms with Crippen molar-refractivity contribution in [3.63, 3.8) is 0 Å². The van der Waals surface area contributed by atoms with Gasteiger partial charge in [-0.2, -0.15) is 0 Å². The molecule has 33 heavy (non-hydrogen) atoms. The lowest BCUT2D eigenvalue weighted by Gasteiger charge is -2.16. The van der Waals surface area contributed by atoms with E-state index in [0.717, 1.165) is 22.3 Å². The number of aromatic nitrogens is 1. The minimum absolute atomic E-state index is 0.0369. The molecule has 3 aromatic rings. The maximum absolute atomic E-state index is 12.3. The van der Waals surface area contributed by atoms with Crippen LogP contribution < -0.4 is 10.6 Å². The van der Waals surface area contributed by atoms with Gasteiger partial charge in [0.15, 0.2) is 0 Å². The van der Waals surface area contributed by atoms with Crippen LogP contribution in [0.3, 0.4) is 0 Å². The van der Waals surface area contributed by atoms with Gasteiger partial charge in [0.05, 0.1) is 17.8 Å². The number of ether oxygens (including phenoxy) is 1. The molecule has 8 heteroatoms. The van der Waals surface area contributed by atoms with Crippen molar-refractivity contribution in [2.75, 3.05) is 18.5 Å². The zero-order valence-corrected chi connectivity index (χ0v) is 17.9. The van der Waals surface area contributed by atoms with Crippen molar-refractivity contribution in [1.82, 2.24) is 10.3 Å². The zero-order valence-electron chi connectivity index (χ0n) is 17.9. The Kier molecular flexibility index (Phi) is 6.35. The number of anilines is 1. The molecule has 0 saturated heterocycles. The molecule has 0 fully saturated rings. The highest BCUT2D eigenvalue weighted by atomic mass is 16.5. The smallest absolute Gasteiger partial charge is 0.407 e. The van der Waals surface area contributed by atoms with Crippen LogP contribution >= 0.6 is 0 Å². The maximum Gasteiger partial charge on any atom is 0.407 e. The van der Waals surface area contributed by atoms with Crippen LogP contribution in [0.1, 0.15) is 34.5 Å². The van der Waals surface area contributed by atoms with Gasteiger partial charge in [0.1, 0.15) is 12.3 Å². The molecule has 2 amide bonds. The number of hydrogen-bond acceptors (Lipinski definition) is 5. The summed E-state index contributed by atoms with van der Waals surface area (Å²) in [7, 11) is 0. The third-order valence-electron chi connectivity index (χ3n) is 5.59. The Balaban J connectivity index is 1.28. The average Bonchev–Trinajstić information content (AvgIpc) is 3.15. The molecule has 1 aromatic heterocycles. The summed E-state index contributed by atoms with van der Waals surface area (Å²) in [5.74, 6) is -2.05. The molecule has 8 nitrogen and oxygen atoms in total. The zero-order chi connectivity index (χ0) is 23.4. The highest BCUT2D eigenvalue weighted by Crippen LogP contribution is 2.44.